The Bertz CT molecular complexity index is 1040. The van der Waals surface area contributed by atoms with Gasteiger partial charge in [-0.25, -0.2) is 9.97 Å². The summed E-state index contributed by atoms with van der Waals surface area (Å²) in [4.78, 5) is 25.9. The maximum absolute atomic E-state index is 12.9. The van der Waals surface area contributed by atoms with Crippen molar-refractivity contribution in [3.8, 4) is 5.75 Å². The van der Waals surface area contributed by atoms with E-state index in [-0.39, 0.29) is 5.91 Å². The number of rotatable bonds is 6. The standard InChI is InChI=1S/C23H26N4O3S/c1-16-13-17(2)25-23(24-16)31-15-20-7-8-21(30-20)22(28)27-11-9-26(10-12-27)18-5-4-6-19(14-18)29-3/h4-8,13-14H,9-12,15H2,1-3H3. The van der Waals surface area contributed by atoms with Crippen LogP contribution in [0.1, 0.15) is 27.7 Å². The normalized spacial score (nSPS) is 14.0. The summed E-state index contributed by atoms with van der Waals surface area (Å²) in [5.74, 6) is 2.48. The highest BCUT2D eigenvalue weighted by atomic mass is 32.2. The number of carbonyl (C=O) groups excluding carboxylic acids is 1. The van der Waals surface area contributed by atoms with E-state index in [9.17, 15) is 4.79 Å². The summed E-state index contributed by atoms with van der Waals surface area (Å²) in [5.41, 5.74) is 2.99. The largest absolute Gasteiger partial charge is 0.497 e. The number of hydrogen-bond acceptors (Lipinski definition) is 7. The van der Waals surface area contributed by atoms with Crippen molar-refractivity contribution in [1.82, 2.24) is 14.9 Å². The number of ether oxygens (including phenoxy) is 1. The lowest BCUT2D eigenvalue weighted by atomic mass is 10.2. The third kappa shape index (κ3) is 5.19. The Hall–Kier alpha value is -3.00. The number of carbonyl (C=O) groups is 1. The van der Waals surface area contributed by atoms with Gasteiger partial charge in [0.05, 0.1) is 12.9 Å². The molecule has 1 aliphatic heterocycles. The summed E-state index contributed by atoms with van der Waals surface area (Å²) < 4.78 is 11.1. The number of amides is 1. The minimum Gasteiger partial charge on any atom is -0.497 e. The van der Waals surface area contributed by atoms with Gasteiger partial charge in [-0.2, -0.15) is 0 Å². The lowest BCUT2D eigenvalue weighted by Gasteiger charge is -2.35. The molecule has 0 bridgehead atoms. The lowest BCUT2D eigenvalue weighted by molar-refractivity contribution is 0.0713. The Balaban J connectivity index is 1.32. The molecule has 3 aromatic rings. The molecule has 0 unspecified atom stereocenters. The van der Waals surface area contributed by atoms with Crippen molar-refractivity contribution in [2.75, 3.05) is 38.2 Å². The van der Waals surface area contributed by atoms with Crippen molar-refractivity contribution in [3.63, 3.8) is 0 Å². The summed E-state index contributed by atoms with van der Waals surface area (Å²) >= 11 is 1.51. The zero-order valence-electron chi connectivity index (χ0n) is 18.0. The Labute approximate surface area is 186 Å². The van der Waals surface area contributed by atoms with Gasteiger partial charge in [0.25, 0.3) is 5.91 Å². The lowest BCUT2D eigenvalue weighted by Crippen LogP contribution is -2.48. The van der Waals surface area contributed by atoms with Crippen LogP contribution in [0.2, 0.25) is 0 Å². The zero-order valence-corrected chi connectivity index (χ0v) is 18.8. The predicted molar refractivity (Wildman–Crippen MR) is 121 cm³/mol. The molecule has 0 aliphatic carbocycles. The molecule has 0 atom stereocenters. The number of thioether (sulfide) groups is 1. The van der Waals surface area contributed by atoms with Gasteiger partial charge in [-0.15, -0.1) is 0 Å². The number of methoxy groups -OCH3 is 1. The maximum Gasteiger partial charge on any atom is 0.289 e. The molecule has 1 fully saturated rings. The molecule has 0 radical (unpaired) electrons. The van der Waals surface area contributed by atoms with Crippen LogP contribution in [0.5, 0.6) is 5.75 Å². The molecule has 0 saturated carbocycles. The van der Waals surface area contributed by atoms with Crippen molar-refractivity contribution in [3.05, 3.63) is 65.4 Å². The Morgan fingerprint density at radius 3 is 2.52 bits per heavy atom. The second-order valence-corrected chi connectivity index (χ2v) is 8.41. The Morgan fingerprint density at radius 2 is 1.81 bits per heavy atom. The fraction of sp³-hybridized carbons (Fsp3) is 0.348. The van der Waals surface area contributed by atoms with Crippen LogP contribution in [0, 0.1) is 13.8 Å². The van der Waals surface area contributed by atoms with E-state index in [0.717, 1.165) is 46.8 Å². The first kappa shape index (κ1) is 21.2. The van der Waals surface area contributed by atoms with Crippen LogP contribution >= 0.6 is 11.8 Å². The number of anilines is 1. The van der Waals surface area contributed by atoms with Crippen molar-refractivity contribution in [1.29, 1.82) is 0 Å². The number of nitrogens with zero attached hydrogens (tertiary/aromatic N) is 4. The Morgan fingerprint density at radius 1 is 1.06 bits per heavy atom. The highest BCUT2D eigenvalue weighted by Crippen LogP contribution is 2.24. The second kappa shape index (κ2) is 9.43. The fourth-order valence-electron chi connectivity index (χ4n) is 3.59. The van der Waals surface area contributed by atoms with Crippen molar-refractivity contribution in [2.45, 2.75) is 24.8 Å². The molecule has 1 aromatic carbocycles. The van der Waals surface area contributed by atoms with E-state index in [2.05, 4.69) is 20.9 Å². The fourth-order valence-corrected chi connectivity index (χ4v) is 4.44. The van der Waals surface area contributed by atoms with E-state index >= 15 is 0 Å². The van der Waals surface area contributed by atoms with E-state index in [4.69, 9.17) is 9.15 Å². The van der Waals surface area contributed by atoms with E-state index < -0.39 is 0 Å². The highest BCUT2D eigenvalue weighted by Gasteiger charge is 2.24. The molecule has 1 amide bonds. The SMILES string of the molecule is COc1cccc(N2CCN(C(=O)c3ccc(CSc4nc(C)cc(C)n4)o3)CC2)c1. The van der Waals surface area contributed by atoms with Crippen LogP contribution in [-0.2, 0) is 5.75 Å². The first-order chi connectivity index (χ1) is 15.0. The number of piperazine rings is 1. The average molecular weight is 439 g/mol. The van der Waals surface area contributed by atoms with E-state index in [1.807, 2.05) is 49.1 Å². The van der Waals surface area contributed by atoms with Gasteiger partial charge < -0.3 is 19.0 Å². The van der Waals surface area contributed by atoms with Gasteiger partial charge in [-0.3, -0.25) is 4.79 Å². The molecule has 0 N–H and O–H groups in total. The van der Waals surface area contributed by atoms with Gasteiger partial charge >= 0.3 is 0 Å². The maximum atomic E-state index is 12.9. The topological polar surface area (TPSA) is 71.7 Å². The molecule has 7 nitrogen and oxygen atoms in total. The number of hydrogen-bond donors (Lipinski definition) is 0. The summed E-state index contributed by atoms with van der Waals surface area (Å²) in [6, 6.07) is 13.6. The van der Waals surface area contributed by atoms with Gasteiger partial charge in [0.2, 0.25) is 0 Å². The van der Waals surface area contributed by atoms with Crippen molar-refractivity contribution >= 4 is 23.4 Å². The average Bonchev–Trinajstić information content (AvgIpc) is 3.26. The molecule has 3 heterocycles. The van der Waals surface area contributed by atoms with Crippen LogP contribution < -0.4 is 9.64 Å². The van der Waals surface area contributed by atoms with Gasteiger partial charge in [-0.1, -0.05) is 17.8 Å². The first-order valence-corrected chi connectivity index (χ1v) is 11.2. The molecule has 4 rings (SSSR count). The third-order valence-electron chi connectivity index (χ3n) is 5.16. The number of furan rings is 1. The van der Waals surface area contributed by atoms with Crippen LogP contribution in [-0.4, -0.2) is 54.1 Å². The third-order valence-corrected chi connectivity index (χ3v) is 6.03. The number of aromatic nitrogens is 2. The van der Waals surface area contributed by atoms with Crippen molar-refractivity contribution < 1.29 is 13.9 Å². The molecule has 8 heteroatoms. The molecule has 162 valence electrons. The summed E-state index contributed by atoms with van der Waals surface area (Å²) in [6.07, 6.45) is 0. The summed E-state index contributed by atoms with van der Waals surface area (Å²) in [5, 5.41) is 0.718. The summed E-state index contributed by atoms with van der Waals surface area (Å²) in [7, 11) is 1.67. The van der Waals surface area contributed by atoms with Gasteiger partial charge in [-0.05, 0) is 44.2 Å². The van der Waals surface area contributed by atoms with E-state index in [1.165, 1.54) is 11.8 Å². The molecule has 1 aliphatic rings. The van der Waals surface area contributed by atoms with Crippen LogP contribution in [0.25, 0.3) is 0 Å². The zero-order chi connectivity index (χ0) is 21.8. The van der Waals surface area contributed by atoms with Gasteiger partial charge in [0, 0.05) is 49.3 Å². The first-order valence-electron chi connectivity index (χ1n) is 10.2. The minimum atomic E-state index is -0.0656. The highest BCUT2D eigenvalue weighted by molar-refractivity contribution is 7.98. The smallest absolute Gasteiger partial charge is 0.289 e. The Kier molecular flexibility index (Phi) is 6.46. The second-order valence-electron chi connectivity index (χ2n) is 7.47. The monoisotopic (exact) mass is 438 g/mol. The minimum absolute atomic E-state index is 0.0656. The molecule has 0 spiro atoms. The molecule has 1 saturated heterocycles. The van der Waals surface area contributed by atoms with Crippen LogP contribution in [0.15, 0.2) is 52.0 Å². The molecular formula is C23H26N4O3S. The van der Waals surface area contributed by atoms with E-state index in [0.29, 0.717) is 24.6 Å². The number of aryl methyl sites for hydroxylation is 2. The van der Waals surface area contributed by atoms with Crippen LogP contribution in [0.4, 0.5) is 5.69 Å². The van der Waals surface area contributed by atoms with E-state index in [1.54, 1.807) is 13.2 Å². The predicted octanol–water partition coefficient (Wildman–Crippen LogP) is 3.95. The van der Waals surface area contributed by atoms with Gasteiger partial charge in [0.1, 0.15) is 11.5 Å². The van der Waals surface area contributed by atoms with Crippen LogP contribution in [0.3, 0.4) is 0 Å². The quantitative estimate of drug-likeness (QED) is 0.426. The number of benzene rings is 1. The molecule has 2 aromatic heterocycles. The summed E-state index contributed by atoms with van der Waals surface area (Å²) in [6.45, 7) is 6.75. The molecule has 31 heavy (non-hydrogen) atoms. The van der Waals surface area contributed by atoms with Gasteiger partial charge in [0.15, 0.2) is 10.9 Å². The molecular weight excluding hydrogens is 412 g/mol. The van der Waals surface area contributed by atoms with Crippen molar-refractivity contribution in [2.24, 2.45) is 0 Å².